The number of piperidine rings is 1. The third-order valence-corrected chi connectivity index (χ3v) is 4.33. The molecule has 0 radical (unpaired) electrons. The summed E-state index contributed by atoms with van der Waals surface area (Å²) in [7, 11) is 0. The molecule has 1 atom stereocenters. The van der Waals surface area contributed by atoms with Crippen LogP contribution in [0.5, 0.6) is 0 Å². The molecule has 0 unspecified atom stereocenters. The summed E-state index contributed by atoms with van der Waals surface area (Å²) < 4.78 is 0. The summed E-state index contributed by atoms with van der Waals surface area (Å²) >= 11 is 0. The van der Waals surface area contributed by atoms with Crippen LogP contribution in [0.1, 0.15) is 18.4 Å². The van der Waals surface area contributed by atoms with Gasteiger partial charge < -0.3 is 16.0 Å². The molecule has 20 heavy (non-hydrogen) atoms. The van der Waals surface area contributed by atoms with Crippen molar-refractivity contribution in [2.24, 2.45) is 11.7 Å². The zero-order chi connectivity index (χ0) is 13.2. The van der Waals surface area contributed by atoms with E-state index in [0.717, 1.165) is 26.1 Å². The fourth-order valence-corrected chi connectivity index (χ4v) is 3.27. The lowest BCUT2D eigenvalue weighted by molar-refractivity contribution is -0.119. The molecule has 0 spiro atoms. The topological polar surface area (TPSA) is 58.4 Å². The first kappa shape index (κ1) is 15.1. The Morgan fingerprint density at radius 3 is 2.70 bits per heavy atom. The Balaban J connectivity index is 0.00000147. The molecule has 2 aliphatic heterocycles. The maximum absolute atomic E-state index is 11.7. The quantitative estimate of drug-likeness (QED) is 0.884. The summed E-state index contributed by atoms with van der Waals surface area (Å²) in [4.78, 5) is 13.9. The smallest absolute Gasteiger partial charge is 0.240 e. The van der Waals surface area contributed by atoms with Crippen LogP contribution >= 0.6 is 12.4 Å². The number of para-hydroxylation sites is 1. The van der Waals surface area contributed by atoms with E-state index in [1.807, 2.05) is 12.1 Å². The number of fused-ring (bicyclic) bond motifs is 1. The molecule has 1 saturated heterocycles. The number of halogens is 1. The summed E-state index contributed by atoms with van der Waals surface area (Å²) in [6.07, 6.45) is 3.13. The van der Waals surface area contributed by atoms with E-state index in [1.54, 1.807) is 0 Å². The first-order valence-electron chi connectivity index (χ1n) is 7.10. The zero-order valence-electron chi connectivity index (χ0n) is 11.5. The Morgan fingerprint density at radius 2 is 2.00 bits per heavy atom. The highest BCUT2D eigenvalue weighted by atomic mass is 35.5. The highest BCUT2D eigenvalue weighted by Crippen LogP contribution is 2.33. The Labute approximate surface area is 126 Å². The number of nitrogens with two attached hydrogens (primary N) is 1. The normalized spacial score (nSPS) is 22.2. The molecule has 0 bridgehead atoms. The Hall–Kier alpha value is -1.26. The second-order valence-corrected chi connectivity index (χ2v) is 5.60. The van der Waals surface area contributed by atoms with Gasteiger partial charge in [0, 0.05) is 18.7 Å². The SMILES string of the molecule is Cl.NC(=O)[C@@H]1Cc2ccccc2N1CC1CCNCC1. The lowest BCUT2D eigenvalue weighted by Gasteiger charge is -2.32. The van der Waals surface area contributed by atoms with E-state index in [4.69, 9.17) is 5.73 Å². The van der Waals surface area contributed by atoms with Gasteiger partial charge >= 0.3 is 0 Å². The van der Waals surface area contributed by atoms with Crippen LogP contribution in [0.15, 0.2) is 24.3 Å². The van der Waals surface area contributed by atoms with E-state index in [0.29, 0.717) is 5.92 Å². The van der Waals surface area contributed by atoms with Crippen LogP contribution in [0.3, 0.4) is 0 Å². The van der Waals surface area contributed by atoms with Crippen molar-refractivity contribution in [2.75, 3.05) is 24.5 Å². The monoisotopic (exact) mass is 295 g/mol. The van der Waals surface area contributed by atoms with Crippen LogP contribution < -0.4 is 16.0 Å². The van der Waals surface area contributed by atoms with Gasteiger partial charge in [0.2, 0.25) is 5.91 Å². The van der Waals surface area contributed by atoms with Crippen LogP contribution in [0.25, 0.3) is 0 Å². The number of carbonyl (C=O) groups excluding carboxylic acids is 1. The number of carbonyl (C=O) groups is 1. The van der Waals surface area contributed by atoms with E-state index >= 15 is 0 Å². The molecule has 2 aliphatic rings. The molecule has 110 valence electrons. The summed E-state index contributed by atoms with van der Waals surface area (Å²) in [6, 6.07) is 8.13. The van der Waals surface area contributed by atoms with E-state index in [9.17, 15) is 4.79 Å². The molecule has 0 aliphatic carbocycles. The first-order valence-corrected chi connectivity index (χ1v) is 7.10. The average Bonchev–Trinajstić information content (AvgIpc) is 2.79. The number of rotatable bonds is 3. The van der Waals surface area contributed by atoms with Crippen LogP contribution in [0.4, 0.5) is 5.69 Å². The molecular formula is C15H22ClN3O. The van der Waals surface area contributed by atoms with Gasteiger partial charge in [-0.1, -0.05) is 18.2 Å². The minimum absolute atomic E-state index is 0. The highest BCUT2D eigenvalue weighted by molar-refractivity contribution is 5.87. The molecule has 3 rings (SSSR count). The number of anilines is 1. The van der Waals surface area contributed by atoms with Gasteiger partial charge in [0.1, 0.15) is 6.04 Å². The van der Waals surface area contributed by atoms with Crippen molar-refractivity contribution in [1.82, 2.24) is 5.32 Å². The van der Waals surface area contributed by atoms with Gasteiger partial charge in [-0.05, 0) is 43.5 Å². The zero-order valence-corrected chi connectivity index (χ0v) is 12.4. The fraction of sp³-hybridized carbons (Fsp3) is 0.533. The Morgan fingerprint density at radius 1 is 1.30 bits per heavy atom. The van der Waals surface area contributed by atoms with Crippen molar-refractivity contribution >= 4 is 24.0 Å². The van der Waals surface area contributed by atoms with E-state index in [1.165, 1.54) is 24.1 Å². The van der Waals surface area contributed by atoms with Crippen LogP contribution in [0.2, 0.25) is 0 Å². The maximum atomic E-state index is 11.7. The number of hydrogen-bond acceptors (Lipinski definition) is 3. The van der Waals surface area contributed by atoms with Crippen LogP contribution in [0, 0.1) is 5.92 Å². The third kappa shape index (κ3) is 2.91. The van der Waals surface area contributed by atoms with Crippen molar-refractivity contribution in [3.63, 3.8) is 0 Å². The molecule has 3 N–H and O–H groups in total. The number of benzene rings is 1. The van der Waals surface area contributed by atoms with Crippen molar-refractivity contribution in [2.45, 2.75) is 25.3 Å². The van der Waals surface area contributed by atoms with E-state index in [2.05, 4.69) is 22.3 Å². The van der Waals surface area contributed by atoms with Gasteiger partial charge in [-0.3, -0.25) is 4.79 Å². The number of amides is 1. The van der Waals surface area contributed by atoms with Crippen molar-refractivity contribution < 1.29 is 4.79 Å². The molecule has 5 heteroatoms. The fourth-order valence-electron chi connectivity index (χ4n) is 3.27. The molecule has 0 saturated carbocycles. The predicted octanol–water partition coefficient (Wildman–Crippen LogP) is 1.32. The molecule has 0 aromatic heterocycles. The Kier molecular flexibility index (Phi) is 4.89. The molecule has 1 fully saturated rings. The molecule has 2 heterocycles. The molecule has 1 amide bonds. The number of nitrogens with zero attached hydrogens (tertiary/aromatic N) is 1. The van der Waals surface area contributed by atoms with Gasteiger partial charge in [0.25, 0.3) is 0 Å². The van der Waals surface area contributed by atoms with Gasteiger partial charge in [0.15, 0.2) is 0 Å². The van der Waals surface area contributed by atoms with Crippen LogP contribution in [-0.2, 0) is 11.2 Å². The molecule has 1 aromatic carbocycles. The lowest BCUT2D eigenvalue weighted by Crippen LogP contribution is -2.46. The summed E-state index contributed by atoms with van der Waals surface area (Å²) in [5.74, 6) is 0.458. The first-order chi connectivity index (χ1) is 9.25. The minimum atomic E-state index is -0.204. The van der Waals surface area contributed by atoms with Gasteiger partial charge in [0.05, 0.1) is 0 Å². The van der Waals surface area contributed by atoms with Gasteiger partial charge in [-0.15, -0.1) is 12.4 Å². The number of hydrogen-bond donors (Lipinski definition) is 2. The minimum Gasteiger partial charge on any atom is -0.368 e. The third-order valence-electron chi connectivity index (χ3n) is 4.33. The predicted molar refractivity (Wildman–Crippen MR) is 83.3 cm³/mol. The summed E-state index contributed by atoms with van der Waals surface area (Å²) in [5.41, 5.74) is 8.03. The largest absolute Gasteiger partial charge is 0.368 e. The van der Waals surface area contributed by atoms with E-state index in [-0.39, 0.29) is 24.4 Å². The summed E-state index contributed by atoms with van der Waals surface area (Å²) in [5, 5.41) is 3.38. The average molecular weight is 296 g/mol. The Bertz CT molecular complexity index is 474. The second kappa shape index (κ2) is 6.46. The van der Waals surface area contributed by atoms with E-state index < -0.39 is 0 Å². The molecule has 1 aromatic rings. The molecule has 4 nitrogen and oxygen atoms in total. The molecular weight excluding hydrogens is 274 g/mol. The number of primary amides is 1. The highest BCUT2D eigenvalue weighted by Gasteiger charge is 2.34. The second-order valence-electron chi connectivity index (χ2n) is 5.60. The summed E-state index contributed by atoms with van der Waals surface area (Å²) in [6.45, 7) is 3.12. The number of nitrogens with one attached hydrogen (secondary N) is 1. The van der Waals surface area contributed by atoms with Gasteiger partial charge in [-0.2, -0.15) is 0 Å². The van der Waals surface area contributed by atoms with Crippen molar-refractivity contribution in [3.05, 3.63) is 29.8 Å². The van der Waals surface area contributed by atoms with Crippen molar-refractivity contribution in [3.8, 4) is 0 Å². The van der Waals surface area contributed by atoms with Crippen molar-refractivity contribution in [1.29, 1.82) is 0 Å². The van der Waals surface area contributed by atoms with Crippen LogP contribution in [-0.4, -0.2) is 31.6 Å². The van der Waals surface area contributed by atoms with Gasteiger partial charge in [-0.25, -0.2) is 0 Å². The maximum Gasteiger partial charge on any atom is 0.240 e. The lowest BCUT2D eigenvalue weighted by atomic mass is 9.97. The standard InChI is InChI=1S/C15H21N3O.ClH/c16-15(19)14-9-12-3-1-2-4-13(12)18(14)10-11-5-7-17-8-6-11;/h1-4,11,14,17H,5-10H2,(H2,16,19);1H/t14-;/m0./s1.